The molecule has 0 amide bonds. The summed E-state index contributed by atoms with van der Waals surface area (Å²) < 4.78 is 2.00. The van der Waals surface area contributed by atoms with Gasteiger partial charge in [0, 0.05) is 30.4 Å². The zero-order chi connectivity index (χ0) is 13.8. The number of aromatic nitrogens is 2. The van der Waals surface area contributed by atoms with Crippen LogP contribution in [0.5, 0.6) is 0 Å². The van der Waals surface area contributed by atoms with Crippen molar-refractivity contribution in [1.29, 1.82) is 0 Å². The lowest BCUT2D eigenvalue weighted by Crippen LogP contribution is -2.45. The highest BCUT2D eigenvalue weighted by atomic mass is 15.3. The standard InChI is InChI=1S/C14H28N4/c1-6-8-18-11-12(10-16-18)13(9-15)17(5)14(3,4)7-2/h10-11,13H,6-9,15H2,1-5H3. The summed E-state index contributed by atoms with van der Waals surface area (Å²) in [5, 5.41) is 4.40. The van der Waals surface area contributed by atoms with Gasteiger partial charge in [-0.1, -0.05) is 13.8 Å². The Labute approximate surface area is 111 Å². The van der Waals surface area contributed by atoms with Crippen LogP contribution in [0.3, 0.4) is 0 Å². The Balaban J connectivity index is 2.88. The summed E-state index contributed by atoms with van der Waals surface area (Å²) in [5.74, 6) is 0. The van der Waals surface area contributed by atoms with Gasteiger partial charge in [0.2, 0.25) is 0 Å². The molecular formula is C14H28N4. The average molecular weight is 252 g/mol. The van der Waals surface area contributed by atoms with E-state index in [0.29, 0.717) is 6.54 Å². The van der Waals surface area contributed by atoms with Crippen molar-refractivity contribution in [2.24, 2.45) is 5.73 Å². The van der Waals surface area contributed by atoms with Gasteiger partial charge >= 0.3 is 0 Å². The van der Waals surface area contributed by atoms with Crippen LogP contribution in [0.25, 0.3) is 0 Å². The molecular weight excluding hydrogens is 224 g/mol. The van der Waals surface area contributed by atoms with Crippen molar-refractivity contribution in [2.45, 2.75) is 58.7 Å². The molecule has 2 N–H and O–H groups in total. The molecule has 4 heteroatoms. The second-order valence-electron chi connectivity index (χ2n) is 5.57. The average Bonchev–Trinajstić information content (AvgIpc) is 2.79. The van der Waals surface area contributed by atoms with E-state index in [9.17, 15) is 0 Å². The molecule has 0 spiro atoms. The Morgan fingerprint density at radius 3 is 2.61 bits per heavy atom. The van der Waals surface area contributed by atoms with Gasteiger partial charge in [-0.15, -0.1) is 0 Å². The number of hydrogen-bond acceptors (Lipinski definition) is 3. The lowest BCUT2D eigenvalue weighted by Gasteiger charge is -2.40. The van der Waals surface area contributed by atoms with Crippen molar-refractivity contribution >= 4 is 0 Å². The summed E-state index contributed by atoms with van der Waals surface area (Å²) >= 11 is 0. The maximum absolute atomic E-state index is 5.96. The van der Waals surface area contributed by atoms with Crippen molar-refractivity contribution in [1.82, 2.24) is 14.7 Å². The van der Waals surface area contributed by atoms with E-state index in [4.69, 9.17) is 5.73 Å². The monoisotopic (exact) mass is 252 g/mol. The van der Waals surface area contributed by atoms with Crippen molar-refractivity contribution in [3.8, 4) is 0 Å². The highest BCUT2D eigenvalue weighted by molar-refractivity contribution is 5.12. The van der Waals surface area contributed by atoms with E-state index < -0.39 is 0 Å². The van der Waals surface area contributed by atoms with E-state index in [-0.39, 0.29) is 11.6 Å². The van der Waals surface area contributed by atoms with Gasteiger partial charge < -0.3 is 5.73 Å². The molecule has 1 unspecified atom stereocenters. The normalized spacial score (nSPS) is 14.2. The third-order valence-corrected chi connectivity index (χ3v) is 4.00. The summed E-state index contributed by atoms with van der Waals surface area (Å²) in [7, 11) is 2.15. The Hall–Kier alpha value is -0.870. The molecule has 0 aliphatic carbocycles. The first-order valence-electron chi connectivity index (χ1n) is 6.91. The molecule has 1 rings (SSSR count). The molecule has 0 saturated carbocycles. The van der Waals surface area contributed by atoms with Crippen LogP contribution in [0, 0.1) is 0 Å². The number of hydrogen-bond donors (Lipinski definition) is 1. The molecule has 0 aliphatic heterocycles. The Kier molecular flexibility index (Phi) is 5.35. The van der Waals surface area contributed by atoms with Gasteiger partial charge in [0.15, 0.2) is 0 Å². The predicted octanol–water partition coefficient (Wildman–Crippen LogP) is 2.41. The highest BCUT2D eigenvalue weighted by Crippen LogP contribution is 2.27. The summed E-state index contributed by atoms with van der Waals surface area (Å²) in [5.41, 5.74) is 7.33. The molecule has 18 heavy (non-hydrogen) atoms. The summed E-state index contributed by atoms with van der Waals surface area (Å²) in [6.07, 6.45) is 6.28. The van der Waals surface area contributed by atoms with Gasteiger partial charge in [0.1, 0.15) is 0 Å². The van der Waals surface area contributed by atoms with E-state index in [2.05, 4.69) is 50.9 Å². The minimum absolute atomic E-state index is 0.150. The molecule has 0 radical (unpaired) electrons. The zero-order valence-corrected chi connectivity index (χ0v) is 12.5. The van der Waals surface area contributed by atoms with E-state index in [0.717, 1.165) is 19.4 Å². The molecule has 4 nitrogen and oxygen atoms in total. The summed E-state index contributed by atoms with van der Waals surface area (Å²) in [6, 6.07) is 0.241. The van der Waals surface area contributed by atoms with E-state index >= 15 is 0 Å². The number of nitrogens with two attached hydrogens (primary N) is 1. The first-order valence-corrected chi connectivity index (χ1v) is 6.91. The minimum Gasteiger partial charge on any atom is -0.329 e. The van der Waals surface area contributed by atoms with Crippen molar-refractivity contribution in [3.05, 3.63) is 18.0 Å². The molecule has 1 aromatic heterocycles. The van der Waals surface area contributed by atoms with Gasteiger partial charge in [-0.05, 0) is 33.7 Å². The van der Waals surface area contributed by atoms with E-state index in [1.54, 1.807) is 0 Å². The zero-order valence-electron chi connectivity index (χ0n) is 12.5. The van der Waals surface area contributed by atoms with Crippen molar-refractivity contribution < 1.29 is 0 Å². The SMILES string of the molecule is CCCn1cc(C(CN)N(C)C(C)(C)CC)cn1. The summed E-state index contributed by atoms with van der Waals surface area (Å²) in [6.45, 7) is 10.5. The number of rotatable bonds is 7. The Bertz CT molecular complexity index is 356. The van der Waals surface area contributed by atoms with Gasteiger partial charge in [-0.2, -0.15) is 5.10 Å². The molecule has 104 valence electrons. The first kappa shape index (κ1) is 15.2. The van der Waals surface area contributed by atoms with Crippen molar-refractivity contribution in [2.75, 3.05) is 13.6 Å². The van der Waals surface area contributed by atoms with Gasteiger partial charge in [0.25, 0.3) is 0 Å². The Morgan fingerprint density at radius 2 is 2.11 bits per heavy atom. The Morgan fingerprint density at radius 1 is 1.44 bits per heavy atom. The lowest BCUT2D eigenvalue weighted by molar-refractivity contribution is 0.100. The van der Waals surface area contributed by atoms with E-state index in [1.165, 1.54) is 5.56 Å². The van der Waals surface area contributed by atoms with Gasteiger partial charge in [0.05, 0.1) is 12.2 Å². The molecule has 0 fully saturated rings. The van der Waals surface area contributed by atoms with Crippen LogP contribution in [0.15, 0.2) is 12.4 Å². The predicted molar refractivity (Wildman–Crippen MR) is 76.4 cm³/mol. The minimum atomic E-state index is 0.150. The van der Waals surface area contributed by atoms with Gasteiger partial charge in [-0.3, -0.25) is 9.58 Å². The quantitative estimate of drug-likeness (QED) is 0.810. The molecule has 0 aliphatic rings. The molecule has 1 atom stereocenters. The van der Waals surface area contributed by atoms with Crippen LogP contribution >= 0.6 is 0 Å². The van der Waals surface area contributed by atoms with Crippen LogP contribution in [0.4, 0.5) is 0 Å². The van der Waals surface area contributed by atoms with Gasteiger partial charge in [-0.25, -0.2) is 0 Å². The fourth-order valence-electron chi connectivity index (χ4n) is 2.09. The first-order chi connectivity index (χ1) is 8.46. The second-order valence-corrected chi connectivity index (χ2v) is 5.57. The summed E-state index contributed by atoms with van der Waals surface area (Å²) in [4.78, 5) is 2.36. The van der Waals surface area contributed by atoms with Crippen molar-refractivity contribution in [3.63, 3.8) is 0 Å². The maximum atomic E-state index is 5.96. The second kappa shape index (κ2) is 6.34. The third kappa shape index (κ3) is 3.33. The largest absolute Gasteiger partial charge is 0.329 e. The fourth-order valence-corrected chi connectivity index (χ4v) is 2.09. The van der Waals surface area contributed by atoms with Crippen LogP contribution < -0.4 is 5.73 Å². The highest BCUT2D eigenvalue weighted by Gasteiger charge is 2.28. The lowest BCUT2D eigenvalue weighted by atomic mass is 9.96. The number of likely N-dealkylation sites (N-methyl/N-ethyl adjacent to an activating group) is 1. The van der Waals surface area contributed by atoms with E-state index in [1.807, 2.05) is 10.9 Å². The maximum Gasteiger partial charge on any atom is 0.0538 e. The molecule has 0 aromatic carbocycles. The molecule has 0 bridgehead atoms. The number of nitrogens with zero attached hydrogens (tertiary/aromatic N) is 3. The van der Waals surface area contributed by atoms with Crippen LogP contribution in [0.2, 0.25) is 0 Å². The smallest absolute Gasteiger partial charge is 0.0538 e. The molecule has 1 aromatic rings. The van der Waals surface area contributed by atoms with Crippen LogP contribution in [-0.4, -0.2) is 33.8 Å². The topological polar surface area (TPSA) is 47.1 Å². The molecule has 1 heterocycles. The number of aryl methyl sites for hydroxylation is 1. The third-order valence-electron chi connectivity index (χ3n) is 4.00. The van der Waals surface area contributed by atoms with Crippen LogP contribution in [0.1, 0.15) is 52.1 Å². The molecule has 0 saturated heterocycles. The fraction of sp³-hybridized carbons (Fsp3) is 0.786. The van der Waals surface area contributed by atoms with Crippen LogP contribution in [-0.2, 0) is 6.54 Å².